The van der Waals surface area contributed by atoms with Crippen molar-refractivity contribution in [3.63, 3.8) is 0 Å². The molecule has 2 N–H and O–H groups in total. The SMILES string of the molecule is CCN(Cc1ccncc1)C(=O)NC(=O)C=CC(=O)O. The predicted molar refractivity (Wildman–Crippen MR) is 70.6 cm³/mol. The second kappa shape index (κ2) is 7.67. The molecule has 1 aromatic heterocycles. The summed E-state index contributed by atoms with van der Waals surface area (Å²) in [5, 5.41) is 10.5. The van der Waals surface area contributed by atoms with Crippen molar-refractivity contribution in [3.8, 4) is 0 Å². The maximum Gasteiger partial charge on any atom is 0.328 e. The van der Waals surface area contributed by atoms with E-state index in [0.717, 1.165) is 11.6 Å². The van der Waals surface area contributed by atoms with Gasteiger partial charge in [0.1, 0.15) is 0 Å². The molecule has 1 rings (SSSR count). The highest BCUT2D eigenvalue weighted by Gasteiger charge is 2.13. The lowest BCUT2D eigenvalue weighted by molar-refractivity contribution is -0.131. The first-order chi connectivity index (χ1) is 9.52. The zero-order chi connectivity index (χ0) is 15.0. The molecule has 0 spiro atoms. The van der Waals surface area contributed by atoms with Crippen molar-refractivity contribution in [2.75, 3.05) is 6.54 Å². The van der Waals surface area contributed by atoms with Gasteiger partial charge in [-0.2, -0.15) is 0 Å². The lowest BCUT2D eigenvalue weighted by Gasteiger charge is -2.20. The number of aliphatic carboxylic acids is 1. The van der Waals surface area contributed by atoms with Gasteiger partial charge in [-0.1, -0.05) is 0 Å². The Morgan fingerprint density at radius 2 is 1.95 bits per heavy atom. The minimum Gasteiger partial charge on any atom is -0.478 e. The van der Waals surface area contributed by atoms with Crippen LogP contribution in [0, 0.1) is 0 Å². The van der Waals surface area contributed by atoms with Gasteiger partial charge in [0, 0.05) is 37.6 Å². The van der Waals surface area contributed by atoms with Gasteiger partial charge in [-0.15, -0.1) is 0 Å². The van der Waals surface area contributed by atoms with E-state index < -0.39 is 17.9 Å². The summed E-state index contributed by atoms with van der Waals surface area (Å²) in [6, 6.07) is 2.95. The number of carboxylic acids is 1. The molecule has 0 bridgehead atoms. The minimum absolute atomic E-state index is 0.334. The standard InChI is InChI=1S/C13H15N3O4/c1-2-16(9-10-5-7-14-8-6-10)13(20)15-11(17)3-4-12(18)19/h3-8H,2,9H2,1H3,(H,18,19)(H,15,17,20). The first-order valence-corrected chi connectivity index (χ1v) is 5.92. The van der Waals surface area contributed by atoms with Crippen molar-refractivity contribution in [2.45, 2.75) is 13.5 Å². The molecule has 0 saturated heterocycles. The molecule has 0 saturated carbocycles. The first-order valence-electron chi connectivity index (χ1n) is 5.92. The van der Waals surface area contributed by atoms with E-state index in [2.05, 4.69) is 10.3 Å². The van der Waals surface area contributed by atoms with Crippen LogP contribution in [0.15, 0.2) is 36.7 Å². The van der Waals surface area contributed by atoms with Gasteiger partial charge in [0.25, 0.3) is 5.91 Å². The van der Waals surface area contributed by atoms with Crippen LogP contribution in [-0.4, -0.2) is 39.4 Å². The second-order valence-corrected chi connectivity index (χ2v) is 3.84. The third-order valence-corrected chi connectivity index (χ3v) is 2.40. The van der Waals surface area contributed by atoms with Crippen LogP contribution in [0.25, 0.3) is 0 Å². The number of hydrogen-bond donors (Lipinski definition) is 2. The van der Waals surface area contributed by atoms with Crippen LogP contribution in [0.3, 0.4) is 0 Å². The molecule has 0 aliphatic carbocycles. The fourth-order valence-electron chi connectivity index (χ4n) is 1.41. The van der Waals surface area contributed by atoms with Crippen molar-refractivity contribution >= 4 is 17.9 Å². The van der Waals surface area contributed by atoms with E-state index in [1.54, 1.807) is 31.5 Å². The summed E-state index contributed by atoms with van der Waals surface area (Å²) in [6.45, 7) is 2.52. The Morgan fingerprint density at radius 3 is 2.50 bits per heavy atom. The summed E-state index contributed by atoms with van der Waals surface area (Å²) < 4.78 is 0. The molecule has 0 atom stereocenters. The molecule has 20 heavy (non-hydrogen) atoms. The highest BCUT2D eigenvalue weighted by atomic mass is 16.4. The van der Waals surface area contributed by atoms with Gasteiger partial charge in [0.2, 0.25) is 0 Å². The zero-order valence-electron chi connectivity index (χ0n) is 10.9. The normalized spacial score (nSPS) is 10.2. The maximum atomic E-state index is 11.8. The molecule has 0 radical (unpaired) electrons. The van der Waals surface area contributed by atoms with Crippen molar-refractivity contribution in [1.29, 1.82) is 0 Å². The fraction of sp³-hybridized carbons (Fsp3) is 0.231. The third-order valence-electron chi connectivity index (χ3n) is 2.40. The first kappa shape index (κ1) is 15.4. The maximum absolute atomic E-state index is 11.8. The Labute approximate surface area is 115 Å². The van der Waals surface area contributed by atoms with Crippen molar-refractivity contribution < 1.29 is 19.5 Å². The van der Waals surface area contributed by atoms with Gasteiger partial charge in [-0.25, -0.2) is 9.59 Å². The molecule has 106 valence electrons. The summed E-state index contributed by atoms with van der Waals surface area (Å²) in [5.41, 5.74) is 0.880. The largest absolute Gasteiger partial charge is 0.478 e. The molecule has 7 nitrogen and oxygen atoms in total. The number of amides is 3. The van der Waals surface area contributed by atoms with Crippen molar-refractivity contribution in [3.05, 3.63) is 42.2 Å². The lowest BCUT2D eigenvalue weighted by atomic mass is 10.2. The van der Waals surface area contributed by atoms with E-state index in [1.165, 1.54) is 4.90 Å². The van der Waals surface area contributed by atoms with Crippen LogP contribution < -0.4 is 5.32 Å². The number of nitrogens with one attached hydrogen (secondary N) is 1. The van der Waals surface area contributed by atoms with E-state index in [0.29, 0.717) is 19.2 Å². The second-order valence-electron chi connectivity index (χ2n) is 3.84. The third kappa shape index (κ3) is 5.30. The number of pyridine rings is 1. The van der Waals surface area contributed by atoms with Crippen LogP contribution in [0.1, 0.15) is 12.5 Å². The molecule has 3 amide bonds. The smallest absolute Gasteiger partial charge is 0.328 e. The number of rotatable bonds is 5. The average Bonchev–Trinajstić information content (AvgIpc) is 2.43. The van der Waals surface area contributed by atoms with Crippen LogP contribution in [-0.2, 0) is 16.1 Å². The van der Waals surface area contributed by atoms with Gasteiger partial charge in [-0.3, -0.25) is 15.1 Å². The van der Waals surface area contributed by atoms with Gasteiger partial charge in [0.05, 0.1) is 0 Å². The Kier molecular flexibility index (Phi) is 5.89. The molecule has 0 fully saturated rings. The van der Waals surface area contributed by atoms with E-state index in [4.69, 9.17) is 5.11 Å². The molecular weight excluding hydrogens is 262 g/mol. The average molecular weight is 277 g/mol. The monoisotopic (exact) mass is 277 g/mol. The Hall–Kier alpha value is -2.70. The molecule has 0 aliphatic rings. The summed E-state index contributed by atoms with van der Waals surface area (Å²) in [5.74, 6) is -2.03. The van der Waals surface area contributed by atoms with Crippen LogP contribution >= 0.6 is 0 Å². The Bertz CT molecular complexity index is 514. The summed E-state index contributed by atoms with van der Waals surface area (Å²) in [6.07, 6.45) is 4.69. The van der Waals surface area contributed by atoms with Gasteiger partial charge in [0.15, 0.2) is 0 Å². The van der Waals surface area contributed by atoms with Crippen LogP contribution in [0.4, 0.5) is 4.79 Å². The number of carbonyl (C=O) groups is 3. The topological polar surface area (TPSA) is 99.6 Å². The Morgan fingerprint density at radius 1 is 1.30 bits per heavy atom. The van der Waals surface area contributed by atoms with Crippen molar-refractivity contribution in [2.24, 2.45) is 0 Å². The number of carbonyl (C=O) groups excluding carboxylic acids is 2. The van der Waals surface area contributed by atoms with E-state index >= 15 is 0 Å². The summed E-state index contributed by atoms with van der Waals surface area (Å²) >= 11 is 0. The summed E-state index contributed by atoms with van der Waals surface area (Å²) in [4.78, 5) is 38.7. The molecule has 1 heterocycles. The lowest BCUT2D eigenvalue weighted by Crippen LogP contribution is -2.41. The van der Waals surface area contributed by atoms with Crippen LogP contribution in [0.5, 0.6) is 0 Å². The van der Waals surface area contributed by atoms with E-state index in [9.17, 15) is 14.4 Å². The van der Waals surface area contributed by atoms with Crippen LogP contribution in [0.2, 0.25) is 0 Å². The number of carboxylic acid groups (broad SMARTS) is 1. The van der Waals surface area contributed by atoms with Gasteiger partial charge >= 0.3 is 12.0 Å². The van der Waals surface area contributed by atoms with E-state index in [1.807, 2.05) is 0 Å². The predicted octanol–water partition coefficient (Wildman–Crippen LogP) is 0.780. The quantitative estimate of drug-likeness (QED) is 0.775. The van der Waals surface area contributed by atoms with Gasteiger partial charge < -0.3 is 10.0 Å². The number of imide groups is 1. The van der Waals surface area contributed by atoms with E-state index in [-0.39, 0.29) is 0 Å². The Balaban J connectivity index is 2.59. The molecular formula is C13H15N3O4. The molecule has 0 aliphatic heterocycles. The highest BCUT2D eigenvalue weighted by Crippen LogP contribution is 2.03. The highest BCUT2D eigenvalue weighted by molar-refractivity contribution is 6.02. The number of nitrogens with zero attached hydrogens (tertiary/aromatic N) is 2. The molecule has 1 aromatic rings. The summed E-state index contributed by atoms with van der Waals surface area (Å²) in [7, 11) is 0. The zero-order valence-corrected chi connectivity index (χ0v) is 10.9. The number of aromatic nitrogens is 1. The molecule has 7 heteroatoms. The fourth-order valence-corrected chi connectivity index (χ4v) is 1.41. The van der Waals surface area contributed by atoms with Gasteiger partial charge in [-0.05, 0) is 24.6 Å². The molecule has 0 unspecified atom stereocenters. The number of hydrogen-bond acceptors (Lipinski definition) is 4. The molecule has 0 aromatic carbocycles. The van der Waals surface area contributed by atoms with Crippen molar-refractivity contribution in [1.82, 2.24) is 15.2 Å². The number of urea groups is 1. The minimum atomic E-state index is -1.25.